The maximum atomic E-state index is 11.7. The highest BCUT2D eigenvalue weighted by atomic mass is 16.5. The van der Waals surface area contributed by atoms with Gasteiger partial charge in [-0.3, -0.25) is 4.79 Å². The SMILES string of the molecule is C[C@H](CO)NC(=O)c1cc(-c2ccccc2)on1. The first-order valence-electron chi connectivity index (χ1n) is 5.64. The molecule has 0 aliphatic rings. The third-order valence-electron chi connectivity index (χ3n) is 2.45. The molecule has 1 aromatic heterocycles. The standard InChI is InChI=1S/C13H14N2O3/c1-9(8-16)14-13(17)11-7-12(18-15-11)10-5-3-2-4-6-10/h2-7,9,16H,8H2,1H3,(H,14,17)/t9-/m1/s1. The molecule has 0 aliphatic heterocycles. The molecule has 1 aromatic carbocycles. The van der Waals surface area contributed by atoms with Gasteiger partial charge in [0, 0.05) is 17.7 Å². The molecule has 0 spiro atoms. The lowest BCUT2D eigenvalue weighted by Crippen LogP contribution is -2.35. The molecule has 0 saturated heterocycles. The van der Waals surface area contributed by atoms with Gasteiger partial charge in [0.25, 0.3) is 5.91 Å². The van der Waals surface area contributed by atoms with Gasteiger partial charge in [-0.25, -0.2) is 0 Å². The van der Waals surface area contributed by atoms with Crippen LogP contribution < -0.4 is 5.32 Å². The second-order valence-electron chi connectivity index (χ2n) is 4.00. The van der Waals surface area contributed by atoms with Crippen LogP contribution in [0, 0.1) is 0 Å². The van der Waals surface area contributed by atoms with Crippen LogP contribution in [0.25, 0.3) is 11.3 Å². The monoisotopic (exact) mass is 246 g/mol. The van der Waals surface area contributed by atoms with E-state index in [1.54, 1.807) is 13.0 Å². The molecule has 1 heterocycles. The van der Waals surface area contributed by atoms with Gasteiger partial charge in [0.2, 0.25) is 0 Å². The van der Waals surface area contributed by atoms with Gasteiger partial charge in [0.15, 0.2) is 11.5 Å². The minimum absolute atomic E-state index is 0.116. The summed E-state index contributed by atoms with van der Waals surface area (Å²) in [5.41, 5.74) is 1.06. The van der Waals surface area contributed by atoms with E-state index >= 15 is 0 Å². The summed E-state index contributed by atoms with van der Waals surface area (Å²) in [5, 5.41) is 15.2. The number of hydrogen-bond acceptors (Lipinski definition) is 4. The van der Waals surface area contributed by atoms with Gasteiger partial charge in [-0.15, -0.1) is 0 Å². The Kier molecular flexibility index (Phi) is 3.74. The molecule has 0 aliphatic carbocycles. The Morgan fingerprint density at radius 3 is 2.83 bits per heavy atom. The summed E-state index contributed by atoms with van der Waals surface area (Å²) in [6.07, 6.45) is 0. The summed E-state index contributed by atoms with van der Waals surface area (Å²) in [6.45, 7) is 1.59. The minimum atomic E-state index is -0.359. The molecule has 2 rings (SSSR count). The van der Waals surface area contributed by atoms with E-state index in [0.717, 1.165) is 5.56 Å². The van der Waals surface area contributed by atoms with Crippen LogP contribution in [0.2, 0.25) is 0 Å². The largest absolute Gasteiger partial charge is 0.394 e. The van der Waals surface area contributed by atoms with Crippen LogP contribution in [0.3, 0.4) is 0 Å². The van der Waals surface area contributed by atoms with Crippen LogP contribution in [-0.2, 0) is 0 Å². The van der Waals surface area contributed by atoms with Gasteiger partial charge < -0.3 is 14.9 Å². The number of nitrogens with one attached hydrogen (secondary N) is 1. The predicted octanol–water partition coefficient (Wildman–Crippen LogP) is 1.45. The van der Waals surface area contributed by atoms with E-state index in [0.29, 0.717) is 5.76 Å². The fourth-order valence-corrected chi connectivity index (χ4v) is 1.46. The lowest BCUT2D eigenvalue weighted by atomic mass is 10.1. The topological polar surface area (TPSA) is 75.4 Å². The summed E-state index contributed by atoms with van der Waals surface area (Å²) in [6, 6.07) is 10.7. The second-order valence-corrected chi connectivity index (χ2v) is 4.00. The molecule has 0 saturated carbocycles. The minimum Gasteiger partial charge on any atom is -0.394 e. The van der Waals surface area contributed by atoms with Gasteiger partial charge in [-0.05, 0) is 6.92 Å². The average Bonchev–Trinajstić information content (AvgIpc) is 2.89. The molecule has 1 atom stereocenters. The first-order valence-corrected chi connectivity index (χ1v) is 5.64. The van der Waals surface area contributed by atoms with E-state index in [1.807, 2.05) is 30.3 Å². The smallest absolute Gasteiger partial charge is 0.273 e. The maximum absolute atomic E-state index is 11.7. The fourth-order valence-electron chi connectivity index (χ4n) is 1.46. The lowest BCUT2D eigenvalue weighted by Gasteiger charge is -2.07. The molecule has 2 aromatic rings. The first-order chi connectivity index (χ1) is 8.70. The second kappa shape index (κ2) is 5.46. The number of nitrogens with zero attached hydrogens (tertiary/aromatic N) is 1. The average molecular weight is 246 g/mol. The number of carbonyl (C=O) groups excluding carboxylic acids is 1. The van der Waals surface area contributed by atoms with Crippen LogP contribution >= 0.6 is 0 Å². The molecule has 5 nitrogen and oxygen atoms in total. The van der Waals surface area contributed by atoms with Crippen LogP contribution in [0.15, 0.2) is 40.9 Å². The Bertz CT molecular complexity index is 522. The van der Waals surface area contributed by atoms with E-state index in [9.17, 15) is 4.79 Å². The highest BCUT2D eigenvalue weighted by molar-refractivity contribution is 5.93. The Labute approximate surface area is 104 Å². The summed E-state index contributed by atoms with van der Waals surface area (Å²) in [4.78, 5) is 11.7. The molecule has 94 valence electrons. The summed E-state index contributed by atoms with van der Waals surface area (Å²) < 4.78 is 5.11. The highest BCUT2D eigenvalue weighted by Crippen LogP contribution is 2.19. The number of aromatic nitrogens is 1. The van der Waals surface area contributed by atoms with Gasteiger partial charge in [-0.1, -0.05) is 35.5 Å². The number of aliphatic hydroxyl groups excluding tert-OH is 1. The number of benzene rings is 1. The summed E-state index contributed by atoms with van der Waals surface area (Å²) in [7, 11) is 0. The quantitative estimate of drug-likeness (QED) is 0.856. The maximum Gasteiger partial charge on any atom is 0.273 e. The molecule has 0 unspecified atom stereocenters. The van der Waals surface area contributed by atoms with E-state index in [2.05, 4.69) is 10.5 Å². The van der Waals surface area contributed by atoms with E-state index in [1.165, 1.54) is 0 Å². The van der Waals surface area contributed by atoms with Crippen LogP contribution in [0.5, 0.6) is 0 Å². The summed E-state index contributed by atoms with van der Waals surface area (Å²) >= 11 is 0. The van der Waals surface area contributed by atoms with Crippen LogP contribution in [-0.4, -0.2) is 28.8 Å². The van der Waals surface area contributed by atoms with Crippen molar-refractivity contribution in [2.45, 2.75) is 13.0 Å². The van der Waals surface area contributed by atoms with Gasteiger partial charge >= 0.3 is 0 Å². The molecule has 0 bridgehead atoms. The zero-order valence-electron chi connectivity index (χ0n) is 9.96. The Hall–Kier alpha value is -2.14. The van der Waals surface area contributed by atoms with Crippen molar-refractivity contribution in [2.24, 2.45) is 0 Å². The van der Waals surface area contributed by atoms with Crippen molar-refractivity contribution in [2.75, 3.05) is 6.61 Å². The normalized spacial score (nSPS) is 12.1. The van der Waals surface area contributed by atoms with Gasteiger partial charge in [0.1, 0.15) is 0 Å². The van der Waals surface area contributed by atoms with Crippen molar-refractivity contribution < 1.29 is 14.4 Å². The zero-order valence-corrected chi connectivity index (χ0v) is 9.96. The van der Waals surface area contributed by atoms with Crippen LogP contribution in [0.1, 0.15) is 17.4 Å². The number of hydrogen-bond donors (Lipinski definition) is 2. The molecule has 0 radical (unpaired) electrons. The number of carbonyl (C=O) groups is 1. The van der Waals surface area contributed by atoms with E-state index in [4.69, 9.17) is 9.63 Å². The third-order valence-corrected chi connectivity index (χ3v) is 2.45. The summed E-state index contributed by atoms with van der Waals surface area (Å²) in [5.74, 6) is 0.180. The van der Waals surface area contributed by atoms with Gasteiger partial charge in [-0.2, -0.15) is 0 Å². The number of aliphatic hydroxyl groups is 1. The molecule has 18 heavy (non-hydrogen) atoms. The molecule has 2 N–H and O–H groups in total. The van der Waals surface area contributed by atoms with Gasteiger partial charge in [0.05, 0.1) is 6.61 Å². The van der Waals surface area contributed by atoms with E-state index in [-0.39, 0.29) is 24.2 Å². The number of rotatable bonds is 4. The predicted molar refractivity (Wildman–Crippen MR) is 66.0 cm³/mol. The van der Waals surface area contributed by atoms with Crippen molar-refractivity contribution in [3.63, 3.8) is 0 Å². The molecular weight excluding hydrogens is 232 g/mol. The third kappa shape index (κ3) is 2.75. The Morgan fingerprint density at radius 1 is 1.44 bits per heavy atom. The van der Waals surface area contributed by atoms with Crippen molar-refractivity contribution in [3.05, 3.63) is 42.1 Å². The Morgan fingerprint density at radius 2 is 2.17 bits per heavy atom. The molecule has 5 heteroatoms. The van der Waals surface area contributed by atoms with Crippen molar-refractivity contribution in [1.29, 1.82) is 0 Å². The Balaban J connectivity index is 2.13. The van der Waals surface area contributed by atoms with Crippen molar-refractivity contribution >= 4 is 5.91 Å². The highest BCUT2D eigenvalue weighted by Gasteiger charge is 2.15. The van der Waals surface area contributed by atoms with E-state index < -0.39 is 0 Å². The zero-order chi connectivity index (χ0) is 13.0. The lowest BCUT2D eigenvalue weighted by molar-refractivity contribution is 0.0913. The fraction of sp³-hybridized carbons (Fsp3) is 0.231. The molecular formula is C13H14N2O3. The first kappa shape index (κ1) is 12.3. The number of amides is 1. The van der Waals surface area contributed by atoms with Crippen molar-refractivity contribution in [1.82, 2.24) is 10.5 Å². The molecule has 0 fully saturated rings. The molecule has 1 amide bonds. The van der Waals surface area contributed by atoms with Crippen LogP contribution in [0.4, 0.5) is 0 Å². The van der Waals surface area contributed by atoms with Crippen molar-refractivity contribution in [3.8, 4) is 11.3 Å².